The third kappa shape index (κ3) is 5.07. The molecule has 6 heteroatoms. The van der Waals surface area contributed by atoms with Crippen molar-refractivity contribution in [3.8, 4) is 0 Å². The number of aryl methyl sites for hydroxylation is 1. The lowest BCUT2D eigenvalue weighted by molar-refractivity contribution is -0.127. The number of nitrogens with zero attached hydrogens (tertiary/aromatic N) is 1. The van der Waals surface area contributed by atoms with Crippen LogP contribution in [0.2, 0.25) is 0 Å². The molecule has 0 unspecified atom stereocenters. The van der Waals surface area contributed by atoms with Gasteiger partial charge in [-0.3, -0.25) is 14.5 Å². The summed E-state index contributed by atoms with van der Waals surface area (Å²) in [5.74, 6) is -1.09. The second kappa shape index (κ2) is 10.1. The Balaban J connectivity index is 1.78. The highest BCUT2D eigenvalue weighted by molar-refractivity contribution is 7.10. The van der Waals surface area contributed by atoms with E-state index in [1.165, 1.54) is 22.3 Å². The molecule has 2 amide bonds. The van der Waals surface area contributed by atoms with Crippen molar-refractivity contribution in [3.63, 3.8) is 0 Å². The standard InChI is InChI=1S/C26H27FN2O2S/c1-18-8-6-11-20(16-18)29(24(30)17-21-12-7-15-32-21)25(22-13-4-5-14-23(22)27)26(31)28-19-9-2-3-10-19/h4-8,11-16,19,25H,2-3,9-10,17H2,1H3,(H,28,31)/t25-/m0/s1. The molecule has 0 spiro atoms. The van der Waals surface area contributed by atoms with Crippen LogP contribution in [0, 0.1) is 12.7 Å². The number of hydrogen-bond donors (Lipinski definition) is 1. The average molecular weight is 451 g/mol. The van der Waals surface area contributed by atoms with E-state index in [0.29, 0.717) is 5.69 Å². The van der Waals surface area contributed by atoms with E-state index < -0.39 is 11.9 Å². The summed E-state index contributed by atoms with van der Waals surface area (Å²) in [6, 6.07) is 16.4. The third-order valence-corrected chi connectivity index (χ3v) is 6.74. The summed E-state index contributed by atoms with van der Waals surface area (Å²) >= 11 is 1.49. The second-order valence-corrected chi connectivity index (χ2v) is 9.31. The van der Waals surface area contributed by atoms with Crippen molar-refractivity contribution in [2.75, 3.05) is 4.90 Å². The number of carbonyl (C=O) groups excluding carboxylic acids is 2. The Bertz CT molecular complexity index is 1080. The number of hydrogen-bond acceptors (Lipinski definition) is 3. The lowest BCUT2D eigenvalue weighted by Crippen LogP contribution is -2.47. The lowest BCUT2D eigenvalue weighted by Gasteiger charge is -2.32. The van der Waals surface area contributed by atoms with E-state index in [1.807, 2.05) is 42.6 Å². The zero-order valence-corrected chi connectivity index (χ0v) is 18.9. The highest BCUT2D eigenvalue weighted by atomic mass is 32.1. The molecule has 0 saturated heterocycles. The molecule has 32 heavy (non-hydrogen) atoms. The van der Waals surface area contributed by atoms with E-state index in [2.05, 4.69) is 5.32 Å². The van der Waals surface area contributed by atoms with Crippen LogP contribution < -0.4 is 10.2 Å². The van der Waals surface area contributed by atoms with Crippen molar-refractivity contribution < 1.29 is 14.0 Å². The van der Waals surface area contributed by atoms with Gasteiger partial charge in [0.25, 0.3) is 0 Å². The first-order chi connectivity index (χ1) is 15.5. The predicted octanol–water partition coefficient (Wildman–Crippen LogP) is 5.57. The van der Waals surface area contributed by atoms with Gasteiger partial charge in [0.1, 0.15) is 11.9 Å². The molecule has 0 bridgehead atoms. The maximum absolute atomic E-state index is 15.0. The summed E-state index contributed by atoms with van der Waals surface area (Å²) in [4.78, 5) is 29.6. The molecule has 4 rings (SSSR count). The van der Waals surface area contributed by atoms with Crippen LogP contribution in [0.3, 0.4) is 0 Å². The van der Waals surface area contributed by atoms with Gasteiger partial charge in [-0.2, -0.15) is 0 Å². The Hall–Kier alpha value is -2.99. The molecular formula is C26H27FN2O2S. The monoisotopic (exact) mass is 450 g/mol. The smallest absolute Gasteiger partial charge is 0.248 e. The molecule has 2 aromatic carbocycles. The molecule has 1 atom stereocenters. The Morgan fingerprint density at radius 3 is 2.56 bits per heavy atom. The summed E-state index contributed by atoms with van der Waals surface area (Å²) in [5.41, 5.74) is 1.74. The van der Waals surface area contributed by atoms with Crippen LogP contribution in [0.1, 0.15) is 47.7 Å². The molecule has 1 fully saturated rings. The van der Waals surface area contributed by atoms with Crippen LogP contribution in [0.25, 0.3) is 0 Å². The van der Waals surface area contributed by atoms with E-state index in [-0.39, 0.29) is 29.8 Å². The highest BCUT2D eigenvalue weighted by Gasteiger charge is 2.35. The van der Waals surface area contributed by atoms with E-state index in [0.717, 1.165) is 36.1 Å². The van der Waals surface area contributed by atoms with Crippen LogP contribution in [0.4, 0.5) is 10.1 Å². The quantitative estimate of drug-likeness (QED) is 0.511. The number of anilines is 1. The maximum Gasteiger partial charge on any atom is 0.248 e. The van der Waals surface area contributed by atoms with Gasteiger partial charge in [-0.05, 0) is 55.0 Å². The van der Waals surface area contributed by atoms with Crippen LogP contribution in [-0.2, 0) is 16.0 Å². The molecule has 1 saturated carbocycles. The molecule has 1 N–H and O–H groups in total. The number of nitrogens with one attached hydrogen (secondary N) is 1. The van der Waals surface area contributed by atoms with Crippen molar-refractivity contribution in [1.82, 2.24) is 5.32 Å². The van der Waals surface area contributed by atoms with Gasteiger partial charge >= 0.3 is 0 Å². The molecule has 0 radical (unpaired) electrons. The SMILES string of the molecule is Cc1cccc(N(C(=O)Cc2cccs2)[C@H](C(=O)NC2CCCC2)c2ccccc2F)c1. The molecule has 166 valence electrons. The van der Waals surface area contributed by atoms with Gasteiger partial charge in [0, 0.05) is 22.2 Å². The average Bonchev–Trinajstić information content (AvgIpc) is 3.47. The van der Waals surface area contributed by atoms with Crippen LogP contribution in [-0.4, -0.2) is 17.9 Å². The Labute approximate surface area is 192 Å². The van der Waals surface area contributed by atoms with Crippen molar-refractivity contribution >= 4 is 28.8 Å². The summed E-state index contributed by atoms with van der Waals surface area (Å²) in [7, 11) is 0. The number of rotatable bonds is 7. The minimum absolute atomic E-state index is 0.0588. The van der Waals surface area contributed by atoms with Gasteiger partial charge in [-0.15, -0.1) is 11.3 Å². The fourth-order valence-corrected chi connectivity index (χ4v) is 5.00. The molecule has 1 aliphatic carbocycles. The van der Waals surface area contributed by atoms with Gasteiger partial charge in [-0.25, -0.2) is 4.39 Å². The Morgan fingerprint density at radius 2 is 1.88 bits per heavy atom. The van der Waals surface area contributed by atoms with Crippen LogP contribution >= 0.6 is 11.3 Å². The molecular weight excluding hydrogens is 423 g/mol. The fourth-order valence-electron chi connectivity index (χ4n) is 4.31. The molecule has 1 heterocycles. The summed E-state index contributed by atoms with van der Waals surface area (Å²) < 4.78 is 15.0. The van der Waals surface area contributed by atoms with Crippen molar-refractivity contribution in [3.05, 3.63) is 87.9 Å². The predicted molar refractivity (Wildman–Crippen MR) is 126 cm³/mol. The Morgan fingerprint density at radius 1 is 1.09 bits per heavy atom. The van der Waals surface area contributed by atoms with E-state index >= 15 is 0 Å². The highest BCUT2D eigenvalue weighted by Crippen LogP contribution is 2.32. The minimum atomic E-state index is -1.09. The molecule has 3 aromatic rings. The van der Waals surface area contributed by atoms with Crippen molar-refractivity contribution in [1.29, 1.82) is 0 Å². The largest absolute Gasteiger partial charge is 0.351 e. The first-order valence-corrected chi connectivity index (χ1v) is 11.9. The van der Waals surface area contributed by atoms with Gasteiger partial charge in [0.05, 0.1) is 6.42 Å². The molecule has 4 nitrogen and oxygen atoms in total. The molecule has 0 aliphatic heterocycles. The normalized spacial score (nSPS) is 14.8. The number of thiophene rings is 1. The topological polar surface area (TPSA) is 49.4 Å². The maximum atomic E-state index is 15.0. The number of amides is 2. The minimum Gasteiger partial charge on any atom is -0.351 e. The van der Waals surface area contributed by atoms with E-state index in [9.17, 15) is 14.0 Å². The third-order valence-electron chi connectivity index (χ3n) is 5.86. The summed E-state index contributed by atoms with van der Waals surface area (Å²) in [6.07, 6.45) is 4.09. The molecule has 1 aliphatic rings. The first-order valence-electron chi connectivity index (χ1n) is 11.0. The number of halogens is 1. The zero-order valence-electron chi connectivity index (χ0n) is 18.1. The number of carbonyl (C=O) groups is 2. The number of benzene rings is 2. The Kier molecular flexibility index (Phi) is 7.00. The van der Waals surface area contributed by atoms with Gasteiger partial charge in [0.15, 0.2) is 0 Å². The second-order valence-electron chi connectivity index (χ2n) is 8.27. The van der Waals surface area contributed by atoms with E-state index in [1.54, 1.807) is 24.3 Å². The summed E-state index contributed by atoms with van der Waals surface area (Å²) in [5, 5.41) is 5.00. The van der Waals surface area contributed by atoms with Crippen LogP contribution in [0.5, 0.6) is 0 Å². The van der Waals surface area contributed by atoms with Gasteiger partial charge in [0.2, 0.25) is 11.8 Å². The van der Waals surface area contributed by atoms with Gasteiger partial charge < -0.3 is 5.32 Å². The first kappa shape index (κ1) is 22.2. The zero-order chi connectivity index (χ0) is 22.5. The van der Waals surface area contributed by atoms with Gasteiger partial charge in [-0.1, -0.05) is 49.2 Å². The molecule has 1 aromatic heterocycles. The van der Waals surface area contributed by atoms with E-state index in [4.69, 9.17) is 0 Å². The lowest BCUT2D eigenvalue weighted by atomic mass is 10.0. The van der Waals surface area contributed by atoms with Crippen LogP contribution in [0.15, 0.2) is 66.0 Å². The summed E-state index contributed by atoms with van der Waals surface area (Å²) in [6.45, 7) is 1.93. The van der Waals surface area contributed by atoms with Crippen molar-refractivity contribution in [2.45, 2.75) is 51.1 Å². The fraction of sp³-hybridized carbons (Fsp3) is 0.308. The van der Waals surface area contributed by atoms with Crippen molar-refractivity contribution in [2.24, 2.45) is 0 Å².